The Bertz CT molecular complexity index is 886. The highest BCUT2D eigenvalue weighted by Crippen LogP contribution is 2.46. The molecule has 0 saturated heterocycles. The number of carbonyl (C=O) groups is 1. The van der Waals surface area contributed by atoms with E-state index in [1.54, 1.807) is 4.68 Å². The fraction of sp³-hybridized carbons (Fsp3) is 0.500. The summed E-state index contributed by atoms with van der Waals surface area (Å²) in [4.78, 5) is 13.1. The summed E-state index contributed by atoms with van der Waals surface area (Å²) in [5.74, 6) is 1.19. The van der Waals surface area contributed by atoms with Crippen molar-refractivity contribution in [3.8, 4) is 5.75 Å². The van der Waals surface area contributed by atoms with Crippen molar-refractivity contribution in [2.75, 3.05) is 11.9 Å². The minimum atomic E-state index is -0.343. The topological polar surface area (TPSA) is 81.9 Å². The molecule has 2 aromatic rings. The number of benzene rings is 1. The molecule has 1 aromatic heterocycles. The molecule has 0 fully saturated rings. The van der Waals surface area contributed by atoms with Crippen LogP contribution in [-0.2, 0) is 4.79 Å². The van der Waals surface area contributed by atoms with Crippen molar-refractivity contribution in [1.82, 2.24) is 20.2 Å². The normalized spacial score (nSPS) is 23.1. The van der Waals surface area contributed by atoms with Gasteiger partial charge in [-0.25, -0.2) is 4.68 Å². The van der Waals surface area contributed by atoms with Crippen molar-refractivity contribution < 1.29 is 9.53 Å². The highest BCUT2D eigenvalue weighted by Gasteiger charge is 2.45. The zero-order chi connectivity index (χ0) is 19.0. The van der Waals surface area contributed by atoms with Crippen molar-refractivity contribution >= 4 is 11.7 Å². The number of para-hydroxylation sites is 1. The van der Waals surface area contributed by atoms with Gasteiger partial charge in [-0.15, -0.1) is 0 Å². The van der Waals surface area contributed by atoms with Crippen LogP contribution in [0.5, 0.6) is 5.75 Å². The largest absolute Gasteiger partial charge is 0.493 e. The third kappa shape index (κ3) is 3.22. The molecule has 1 aliphatic heterocycles. The van der Waals surface area contributed by atoms with Crippen molar-refractivity contribution in [2.24, 2.45) is 11.3 Å². The highest BCUT2D eigenvalue weighted by molar-refractivity contribution is 5.88. The van der Waals surface area contributed by atoms with E-state index >= 15 is 0 Å². The summed E-state index contributed by atoms with van der Waals surface area (Å²) < 4.78 is 7.75. The lowest BCUT2D eigenvalue weighted by Gasteiger charge is -2.39. The first-order valence-electron chi connectivity index (χ1n) is 9.52. The molecule has 142 valence electrons. The van der Waals surface area contributed by atoms with Crippen LogP contribution in [0.25, 0.3) is 0 Å². The number of hydrogen-bond acceptors (Lipinski definition) is 6. The number of rotatable bonds is 5. The molecule has 2 aliphatic rings. The van der Waals surface area contributed by atoms with Gasteiger partial charge in [-0.1, -0.05) is 56.6 Å². The highest BCUT2D eigenvalue weighted by atomic mass is 16.5. The number of anilines is 1. The van der Waals surface area contributed by atoms with E-state index in [1.807, 2.05) is 24.3 Å². The minimum absolute atomic E-state index is 0.187. The molecule has 1 N–H and O–H groups in total. The standard InChI is InChI=1S/C20H25N5O2/c1-4-5-10-27-16-9-7-6-8-13(16)18-17-14(11-20(2,3)12-15(17)26)21-19-22-23-24-25(18)19/h6-9,11,17-18H,4-5,10,12H2,1-3H3,(H,21,22,24)/t17-,18-/m1/s1. The monoisotopic (exact) mass is 367 g/mol. The number of tetrazole rings is 1. The SMILES string of the molecule is CCCCOc1ccccc1[C@@H]1[C@H]2C(=O)CC(C)(C)C=C2Nc2nnnn21. The number of nitrogens with zero attached hydrogens (tertiary/aromatic N) is 4. The van der Waals surface area contributed by atoms with Gasteiger partial charge in [-0.3, -0.25) is 4.79 Å². The number of nitrogens with one attached hydrogen (secondary N) is 1. The molecule has 0 radical (unpaired) electrons. The maximum absolute atomic E-state index is 13.1. The Morgan fingerprint density at radius 2 is 2.15 bits per heavy atom. The van der Waals surface area contributed by atoms with Crippen LogP contribution in [0.2, 0.25) is 0 Å². The van der Waals surface area contributed by atoms with E-state index in [9.17, 15) is 4.79 Å². The Balaban J connectivity index is 1.81. The second-order valence-corrected chi connectivity index (χ2v) is 7.97. The van der Waals surface area contributed by atoms with E-state index in [2.05, 4.69) is 47.7 Å². The van der Waals surface area contributed by atoms with Gasteiger partial charge in [0.15, 0.2) is 0 Å². The summed E-state index contributed by atoms with van der Waals surface area (Å²) >= 11 is 0. The second kappa shape index (κ2) is 6.79. The third-order valence-electron chi connectivity index (χ3n) is 5.18. The first-order chi connectivity index (χ1) is 13.0. The first kappa shape index (κ1) is 17.7. The summed E-state index contributed by atoms with van der Waals surface area (Å²) in [7, 11) is 0. The molecule has 1 aliphatic carbocycles. The molecule has 7 nitrogen and oxygen atoms in total. The Kier molecular flexibility index (Phi) is 4.45. The number of ketones is 1. The van der Waals surface area contributed by atoms with E-state index < -0.39 is 0 Å². The van der Waals surface area contributed by atoms with Crippen molar-refractivity contribution in [1.29, 1.82) is 0 Å². The zero-order valence-corrected chi connectivity index (χ0v) is 16.0. The minimum Gasteiger partial charge on any atom is -0.493 e. The molecule has 0 spiro atoms. The number of Topliss-reactive ketones (excluding diaryl/α,β-unsaturated/α-hetero) is 1. The molecule has 0 saturated carbocycles. The second-order valence-electron chi connectivity index (χ2n) is 7.97. The van der Waals surface area contributed by atoms with Crippen LogP contribution >= 0.6 is 0 Å². The van der Waals surface area contributed by atoms with Crippen molar-refractivity contribution in [3.05, 3.63) is 41.6 Å². The summed E-state index contributed by atoms with van der Waals surface area (Å²) in [5.41, 5.74) is 1.63. The lowest BCUT2D eigenvalue weighted by Crippen LogP contribution is -2.42. The van der Waals surface area contributed by atoms with Crippen LogP contribution in [0.15, 0.2) is 36.0 Å². The number of hydrogen-bond donors (Lipinski definition) is 1. The number of fused-ring (bicyclic) bond motifs is 2. The van der Waals surface area contributed by atoms with Gasteiger partial charge in [-0.2, -0.15) is 0 Å². The molecular weight excluding hydrogens is 342 g/mol. The third-order valence-corrected chi connectivity index (χ3v) is 5.18. The van der Waals surface area contributed by atoms with Gasteiger partial charge in [0.25, 0.3) is 0 Å². The van der Waals surface area contributed by atoms with Crippen LogP contribution in [0.1, 0.15) is 51.6 Å². The lowest BCUT2D eigenvalue weighted by atomic mass is 9.72. The molecule has 27 heavy (non-hydrogen) atoms. The summed E-state index contributed by atoms with van der Waals surface area (Å²) in [6.07, 6.45) is 4.69. The van der Waals surface area contributed by atoms with Gasteiger partial charge >= 0.3 is 0 Å². The Hall–Kier alpha value is -2.70. The Labute approximate surface area is 158 Å². The van der Waals surface area contributed by atoms with Crippen molar-refractivity contribution in [2.45, 2.75) is 46.1 Å². The molecule has 0 bridgehead atoms. The zero-order valence-electron chi connectivity index (χ0n) is 16.0. The van der Waals surface area contributed by atoms with Crippen molar-refractivity contribution in [3.63, 3.8) is 0 Å². The Morgan fingerprint density at radius 1 is 1.33 bits per heavy atom. The van der Waals surface area contributed by atoms with E-state index in [4.69, 9.17) is 4.74 Å². The molecule has 0 unspecified atom stereocenters. The van der Waals surface area contributed by atoms with E-state index in [0.717, 1.165) is 29.9 Å². The average Bonchev–Trinajstić information content (AvgIpc) is 3.08. The average molecular weight is 367 g/mol. The van der Waals surface area contributed by atoms with E-state index in [1.165, 1.54) is 0 Å². The number of carbonyl (C=O) groups excluding carboxylic acids is 1. The van der Waals surface area contributed by atoms with Gasteiger partial charge in [-0.05, 0) is 28.3 Å². The number of aromatic nitrogens is 4. The quantitative estimate of drug-likeness (QED) is 0.816. The number of ether oxygens (including phenoxy) is 1. The van der Waals surface area contributed by atoms with Crippen LogP contribution in [0.3, 0.4) is 0 Å². The van der Waals surface area contributed by atoms with E-state index in [0.29, 0.717) is 19.0 Å². The van der Waals surface area contributed by atoms with Crippen LogP contribution in [0, 0.1) is 11.3 Å². The molecule has 4 rings (SSSR count). The molecular formula is C20H25N5O2. The smallest absolute Gasteiger partial charge is 0.247 e. The maximum Gasteiger partial charge on any atom is 0.247 e. The molecule has 2 heterocycles. The summed E-state index contributed by atoms with van der Waals surface area (Å²) in [6, 6.07) is 7.57. The van der Waals surface area contributed by atoms with E-state index in [-0.39, 0.29) is 23.2 Å². The fourth-order valence-electron chi connectivity index (χ4n) is 3.98. The predicted molar refractivity (Wildman–Crippen MR) is 101 cm³/mol. The molecule has 2 atom stereocenters. The molecule has 1 aromatic carbocycles. The fourth-order valence-corrected chi connectivity index (χ4v) is 3.98. The van der Waals surface area contributed by atoms with Gasteiger partial charge in [0.2, 0.25) is 5.95 Å². The number of allylic oxidation sites excluding steroid dienone is 2. The van der Waals surface area contributed by atoms with Crippen LogP contribution < -0.4 is 10.1 Å². The first-order valence-corrected chi connectivity index (χ1v) is 9.52. The number of unbranched alkanes of at least 4 members (excludes halogenated alkanes) is 1. The Morgan fingerprint density at radius 3 is 2.96 bits per heavy atom. The maximum atomic E-state index is 13.1. The van der Waals surface area contributed by atoms with Gasteiger partial charge in [0.05, 0.1) is 12.5 Å². The molecule has 0 amide bonds. The van der Waals surface area contributed by atoms with Crippen LogP contribution in [-0.4, -0.2) is 32.6 Å². The van der Waals surface area contributed by atoms with Crippen LogP contribution in [0.4, 0.5) is 5.95 Å². The van der Waals surface area contributed by atoms with Gasteiger partial charge in [0.1, 0.15) is 17.6 Å². The molecule has 7 heteroatoms. The summed E-state index contributed by atoms with van der Waals surface area (Å²) in [5, 5.41) is 15.4. The van der Waals surface area contributed by atoms with Gasteiger partial charge in [0, 0.05) is 17.7 Å². The van der Waals surface area contributed by atoms with Gasteiger partial charge < -0.3 is 10.1 Å². The summed E-state index contributed by atoms with van der Waals surface area (Å²) in [6.45, 7) is 6.93. The predicted octanol–water partition coefficient (Wildman–Crippen LogP) is 3.37. The lowest BCUT2D eigenvalue weighted by molar-refractivity contribution is -0.125.